The Bertz CT molecular complexity index is 1630. The summed E-state index contributed by atoms with van der Waals surface area (Å²) in [5, 5.41) is 14.2. The first-order valence-electron chi connectivity index (χ1n) is 35.5. The van der Waals surface area contributed by atoms with Crippen LogP contribution in [-0.2, 0) is 18.4 Å². The lowest BCUT2D eigenvalue weighted by Gasteiger charge is -2.26. The molecule has 9 heteroatoms. The van der Waals surface area contributed by atoms with E-state index in [4.69, 9.17) is 9.05 Å². The second-order valence-corrected chi connectivity index (χ2v) is 26.7. The number of phosphoric ester groups is 1. The van der Waals surface area contributed by atoms with Crippen molar-refractivity contribution < 1.29 is 32.9 Å². The highest BCUT2D eigenvalue weighted by Crippen LogP contribution is 2.43. The number of likely N-dealkylation sites (N-methyl/N-ethyl adjacent to an activating group) is 1. The number of quaternary nitrogens is 1. The van der Waals surface area contributed by atoms with Crippen molar-refractivity contribution in [1.82, 2.24) is 5.32 Å². The van der Waals surface area contributed by atoms with Gasteiger partial charge >= 0.3 is 7.82 Å². The predicted molar refractivity (Wildman–Crippen MR) is 364 cm³/mol. The average Bonchev–Trinajstić information content (AvgIpc) is 3.49. The molecule has 0 aliphatic heterocycles. The SMILES string of the molecule is CC/C=C\C/C=C\C/C=C\C/C=C\C/C=C\C/C=C\C/C=C\CCCCCCCCCCCC(=O)NC(COP(=O)(O)OCC[N+](C)(C)C)C(O)CCCCCCCCCCCCCCCCCCCCCCCCCCCCCCCC. The summed E-state index contributed by atoms with van der Waals surface area (Å²) in [6, 6.07) is -0.772. The van der Waals surface area contributed by atoms with E-state index < -0.39 is 20.0 Å². The highest BCUT2D eigenvalue weighted by atomic mass is 31.2. The molecule has 8 nitrogen and oxygen atoms in total. The van der Waals surface area contributed by atoms with Gasteiger partial charge < -0.3 is 19.8 Å². The van der Waals surface area contributed by atoms with Gasteiger partial charge in [0.1, 0.15) is 13.2 Å². The molecule has 0 rings (SSSR count). The number of allylic oxidation sites excluding steroid dienone is 14. The standard InChI is InChI=1S/C74H137N2O6P/c1-6-8-10-12-14-16-18-20-22-24-26-28-30-32-34-36-38-40-42-44-46-48-50-52-54-56-58-60-62-64-66-68-74(78)75-72(71-82-83(79,80)81-70-69-76(3,4)5)73(77)67-65-63-61-59-57-55-53-51-49-47-45-43-41-39-37-35-33-31-29-27-25-23-21-19-17-15-13-11-9-7-2/h8,10,14,16,20,22,26,28,32,34,38,40,44,46,72-73,77H,6-7,9,11-13,15,17-19,21,23-25,27,29-31,33,35-37,39,41-43,45,47-71H2,1-5H3,(H-,75,78,79,80)/p+1/b10-8-,16-14-,22-20-,28-26-,34-32-,40-38-,46-44-. The van der Waals surface area contributed by atoms with Gasteiger partial charge in [0.05, 0.1) is 39.9 Å². The van der Waals surface area contributed by atoms with E-state index in [1.807, 2.05) is 21.1 Å². The zero-order valence-electron chi connectivity index (χ0n) is 55.4. The highest BCUT2D eigenvalue weighted by Gasteiger charge is 2.28. The van der Waals surface area contributed by atoms with E-state index in [0.717, 1.165) is 89.9 Å². The van der Waals surface area contributed by atoms with Crippen molar-refractivity contribution in [2.75, 3.05) is 40.9 Å². The van der Waals surface area contributed by atoms with Crippen LogP contribution in [0.15, 0.2) is 85.1 Å². The van der Waals surface area contributed by atoms with Gasteiger partial charge in [0, 0.05) is 6.42 Å². The summed E-state index contributed by atoms with van der Waals surface area (Å²) in [5.41, 5.74) is 0. The van der Waals surface area contributed by atoms with Gasteiger partial charge in [-0.1, -0.05) is 336 Å². The van der Waals surface area contributed by atoms with E-state index in [9.17, 15) is 19.4 Å². The Morgan fingerprint density at radius 3 is 1.06 bits per heavy atom. The number of rotatable bonds is 65. The monoisotopic (exact) mass is 1180 g/mol. The third-order valence-corrected chi connectivity index (χ3v) is 16.9. The van der Waals surface area contributed by atoms with Crippen LogP contribution in [0.25, 0.3) is 0 Å². The Morgan fingerprint density at radius 2 is 0.723 bits per heavy atom. The van der Waals surface area contributed by atoms with Gasteiger partial charge in [-0.25, -0.2) is 4.57 Å². The number of hydrogen-bond donors (Lipinski definition) is 3. The molecule has 0 aliphatic carbocycles. The van der Waals surface area contributed by atoms with E-state index in [0.29, 0.717) is 23.9 Å². The lowest BCUT2D eigenvalue weighted by Crippen LogP contribution is -2.46. The summed E-state index contributed by atoms with van der Waals surface area (Å²) in [4.78, 5) is 23.5. The van der Waals surface area contributed by atoms with Crippen LogP contribution in [0.4, 0.5) is 0 Å². The number of nitrogens with zero attached hydrogens (tertiary/aromatic N) is 1. The van der Waals surface area contributed by atoms with Gasteiger partial charge in [0.15, 0.2) is 0 Å². The molecule has 83 heavy (non-hydrogen) atoms. The Morgan fingerprint density at radius 1 is 0.422 bits per heavy atom. The fourth-order valence-corrected chi connectivity index (χ4v) is 11.2. The maximum atomic E-state index is 13.1. The first kappa shape index (κ1) is 80.7. The Balaban J connectivity index is 4.07. The summed E-state index contributed by atoms with van der Waals surface area (Å²) in [6.07, 6.45) is 91.1. The van der Waals surface area contributed by atoms with Crippen molar-refractivity contribution in [2.45, 2.75) is 341 Å². The number of aliphatic hydroxyl groups is 1. The molecule has 0 radical (unpaired) electrons. The number of unbranched alkanes of at least 4 members (excludes halogenated alkanes) is 38. The lowest BCUT2D eigenvalue weighted by atomic mass is 10.0. The molecule has 0 aromatic rings. The zero-order chi connectivity index (χ0) is 60.5. The first-order chi connectivity index (χ1) is 40.5. The number of phosphoric acid groups is 1. The van der Waals surface area contributed by atoms with Gasteiger partial charge in [-0.3, -0.25) is 13.8 Å². The van der Waals surface area contributed by atoms with Crippen LogP contribution in [0, 0.1) is 0 Å². The minimum atomic E-state index is -4.34. The molecule has 3 N–H and O–H groups in total. The lowest BCUT2D eigenvalue weighted by molar-refractivity contribution is -0.870. The van der Waals surface area contributed by atoms with Gasteiger partial charge in [-0.2, -0.15) is 0 Å². The van der Waals surface area contributed by atoms with Gasteiger partial charge in [0.2, 0.25) is 5.91 Å². The molecule has 0 saturated heterocycles. The van der Waals surface area contributed by atoms with Crippen LogP contribution in [0.5, 0.6) is 0 Å². The number of nitrogens with one attached hydrogen (secondary N) is 1. The van der Waals surface area contributed by atoms with Crippen molar-refractivity contribution in [3.8, 4) is 0 Å². The van der Waals surface area contributed by atoms with E-state index in [1.165, 1.54) is 212 Å². The number of amides is 1. The van der Waals surface area contributed by atoms with Crippen molar-refractivity contribution >= 4 is 13.7 Å². The average molecular weight is 1180 g/mol. The third-order valence-electron chi connectivity index (χ3n) is 15.9. The molecule has 0 bridgehead atoms. The van der Waals surface area contributed by atoms with E-state index in [2.05, 4.69) is 104 Å². The molecule has 3 unspecified atom stereocenters. The van der Waals surface area contributed by atoms with Gasteiger partial charge in [0.25, 0.3) is 0 Å². The van der Waals surface area contributed by atoms with Gasteiger partial charge in [-0.05, 0) is 70.6 Å². The van der Waals surface area contributed by atoms with Crippen LogP contribution in [0.3, 0.4) is 0 Å². The van der Waals surface area contributed by atoms with E-state index >= 15 is 0 Å². The normalized spacial score (nSPS) is 14.2. The molecule has 0 spiro atoms. The molecule has 0 aliphatic rings. The maximum Gasteiger partial charge on any atom is 0.472 e. The Kier molecular flexibility index (Phi) is 62.4. The predicted octanol–water partition coefficient (Wildman–Crippen LogP) is 22.7. The third kappa shape index (κ3) is 67.1. The first-order valence-corrected chi connectivity index (χ1v) is 36.9. The zero-order valence-corrected chi connectivity index (χ0v) is 56.3. The van der Waals surface area contributed by atoms with E-state index in [-0.39, 0.29) is 19.1 Å². The number of carbonyl (C=O) groups excluding carboxylic acids is 1. The smallest absolute Gasteiger partial charge is 0.391 e. The summed E-state index contributed by atoms with van der Waals surface area (Å²) in [6.45, 7) is 4.80. The molecule has 0 aromatic carbocycles. The molecule has 0 heterocycles. The number of carbonyl (C=O) groups is 1. The van der Waals surface area contributed by atoms with Gasteiger partial charge in [-0.15, -0.1) is 0 Å². The topological polar surface area (TPSA) is 105 Å². The molecular formula is C74H138N2O6P+. The molecule has 0 saturated carbocycles. The second kappa shape index (κ2) is 64.2. The van der Waals surface area contributed by atoms with Crippen molar-refractivity contribution in [2.24, 2.45) is 0 Å². The number of aliphatic hydroxyl groups excluding tert-OH is 1. The number of hydrogen-bond acceptors (Lipinski definition) is 5. The molecule has 0 fully saturated rings. The van der Waals surface area contributed by atoms with Crippen LogP contribution < -0.4 is 5.32 Å². The van der Waals surface area contributed by atoms with Crippen LogP contribution in [0.1, 0.15) is 328 Å². The summed E-state index contributed by atoms with van der Waals surface area (Å²) >= 11 is 0. The molecule has 0 aromatic heterocycles. The molecule has 3 atom stereocenters. The van der Waals surface area contributed by atoms with Crippen molar-refractivity contribution in [3.05, 3.63) is 85.1 Å². The van der Waals surface area contributed by atoms with Crippen LogP contribution in [0.2, 0.25) is 0 Å². The quantitative estimate of drug-likeness (QED) is 0.0243. The Hall–Kier alpha value is -2.32. The molecule has 1 amide bonds. The molecular weight excluding hydrogens is 1040 g/mol. The highest BCUT2D eigenvalue weighted by molar-refractivity contribution is 7.47. The summed E-state index contributed by atoms with van der Waals surface area (Å²) < 4.78 is 23.9. The fourth-order valence-electron chi connectivity index (χ4n) is 10.4. The van der Waals surface area contributed by atoms with Crippen LogP contribution >= 0.6 is 7.82 Å². The minimum Gasteiger partial charge on any atom is -0.391 e. The largest absolute Gasteiger partial charge is 0.472 e. The Labute approximate surface area is 516 Å². The van der Waals surface area contributed by atoms with E-state index in [1.54, 1.807) is 0 Å². The van der Waals surface area contributed by atoms with Crippen molar-refractivity contribution in [3.63, 3.8) is 0 Å². The molecule has 484 valence electrons. The fraction of sp³-hybridized carbons (Fsp3) is 0.797. The minimum absolute atomic E-state index is 0.0704. The van der Waals surface area contributed by atoms with Crippen LogP contribution in [-0.4, -0.2) is 73.4 Å². The maximum absolute atomic E-state index is 13.1. The second-order valence-electron chi connectivity index (χ2n) is 25.2. The van der Waals surface area contributed by atoms with Crippen molar-refractivity contribution in [1.29, 1.82) is 0 Å². The summed E-state index contributed by atoms with van der Waals surface area (Å²) in [7, 11) is 1.61. The summed E-state index contributed by atoms with van der Waals surface area (Å²) in [5.74, 6) is -0.150.